The first-order chi connectivity index (χ1) is 20.3. The number of urea groups is 1. The summed E-state index contributed by atoms with van der Waals surface area (Å²) in [7, 11) is -3.55. The van der Waals surface area contributed by atoms with E-state index in [0.29, 0.717) is 32.1 Å². The quantitative estimate of drug-likeness (QED) is 0.250. The molecule has 3 rings (SSSR count). The van der Waals surface area contributed by atoms with Crippen LogP contribution >= 0.6 is 0 Å². The van der Waals surface area contributed by atoms with Crippen molar-refractivity contribution in [2.75, 3.05) is 12.3 Å². The summed E-state index contributed by atoms with van der Waals surface area (Å²) in [5.74, 6) is -2.89. The zero-order valence-electron chi connectivity index (χ0n) is 27.3. The Morgan fingerprint density at radius 3 is 2.00 bits per heavy atom. The van der Waals surface area contributed by atoms with Crippen LogP contribution in [0.1, 0.15) is 112 Å². The van der Waals surface area contributed by atoms with Gasteiger partial charge < -0.3 is 26.6 Å². The average Bonchev–Trinajstić information content (AvgIpc) is 3.36. The van der Waals surface area contributed by atoms with Crippen LogP contribution in [0.5, 0.6) is 0 Å². The highest BCUT2D eigenvalue weighted by atomic mass is 32.2. The lowest BCUT2D eigenvalue weighted by atomic mass is 9.80. The summed E-state index contributed by atoms with van der Waals surface area (Å²) in [6, 6.07) is -3.56. The Kier molecular flexibility index (Phi) is 11.2. The Morgan fingerprint density at radius 2 is 1.50 bits per heavy atom. The van der Waals surface area contributed by atoms with Gasteiger partial charge in [0.2, 0.25) is 17.6 Å². The zero-order valence-corrected chi connectivity index (χ0v) is 28.1. The number of amides is 5. The smallest absolute Gasteiger partial charge is 0.315 e. The van der Waals surface area contributed by atoms with Crippen molar-refractivity contribution in [1.82, 2.24) is 20.9 Å². The third kappa shape index (κ3) is 8.72. The molecule has 0 aromatic rings. The van der Waals surface area contributed by atoms with Crippen LogP contribution in [0.2, 0.25) is 0 Å². The molecule has 5 amide bonds. The molecule has 3 atom stereocenters. The predicted octanol–water partition coefficient (Wildman–Crippen LogP) is 2.34. The summed E-state index contributed by atoms with van der Waals surface area (Å²) < 4.78 is 25.4. The summed E-state index contributed by atoms with van der Waals surface area (Å²) in [5, 5.41) is 8.48. The molecule has 13 heteroatoms. The fourth-order valence-electron chi connectivity index (χ4n) is 6.37. The Balaban J connectivity index is 1.76. The first-order valence-electron chi connectivity index (χ1n) is 16.0. The van der Waals surface area contributed by atoms with Gasteiger partial charge in [-0.25, -0.2) is 13.2 Å². The Hall–Kier alpha value is -2.70. The fraction of sp³-hybridized carbons (Fsp3) is 0.839. The van der Waals surface area contributed by atoms with Crippen molar-refractivity contribution >= 4 is 39.4 Å². The predicted molar refractivity (Wildman–Crippen MR) is 167 cm³/mol. The van der Waals surface area contributed by atoms with E-state index in [1.807, 2.05) is 20.8 Å². The lowest BCUT2D eigenvalue weighted by Crippen LogP contribution is -2.63. The Labute approximate surface area is 262 Å². The SMILES string of the molecule is CC(C)(C)[C@H](NC(=O)NC1(CS(=O)(=O)C(C)(C)C)CCCCC1)C(=O)N1CCC[C@H]1C(=O)NC(CC1CCC1)C(=O)C(N)=O. The molecular weight excluding hydrogens is 586 g/mol. The third-order valence-electron chi connectivity index (χ3n) is 9.49. The summed E-state index contributed by atoms with van der Waals surface area (Å²) >= 11 is 0. The number of sulfone groups is 1. The number of likely N-dealkylation sites (tertiary alicyclic amines) is 1. The zero-order chi connectivity index (χ0) is 33.1. The topological polar surface area (TPSA) is 185 Å². The second-order valence-electron chi connectivity index (χ2n) is 15.1. The van der Waals surface area contributed by atoms with Crippen LogP contribution in [0.3, 0.4) is 0 Å². The number of carbonyl (C=O) groups is 5. The van der Waals surface area contributed by atoms with E-state index < -0.39 is 73.2 Å². The summed E-state index contributed by atoms with van der Waals surface area (Å²) in [5.41, 5.74) is 3.57. The van der Waals surface area contributed by atoms with Gasteiger partial charge in [-0.2, -0.15) is 0 Å². The van der Waals surface area contributed by atoms with Gasteiger partial charge >= 0.3 is 6.03 Å². The highest BCUT2D eigenvalue weighted by molar-refractivity contribution is 7.92. The van der Waals surface area contributed by atoms with Crippen molar-refractivity contribution in [3.63, 3.8) is 0 Å². The van der Waals surface area contributed by atoms with E-state index >= 15 is 0 Å². The number of nitrogens with zero attached hydrogens (tertiary/aromatic N) is 1. The van der Waals surface area contributed by atoms with E-state index in [4.69, 9.17) is 5.73 Å². The minimum Gasteiger partial charge on any atom is -0.363 e. The van der Waals surface area contributed by atoms with Gasteiger partial charge in [-0.1, -0.05) is 59.3 Å². The first-order valence-corrected chi connectivity index (χ1v) is 17.7. The highest BCUT2D eigenvalue weighted by Gasteiger charge is 2.45. The number of rotatable bonds is 11. The number of primary amides is 1. The molecule has 0 aromatic heterocycles. The highest BCUT2D eigenvalue weighted by Crippen LogP contribution is 2.33. The first kappa shape index (κ1) is 35.8. The van der Waals surface area contributed by atoms with Gasteiger partial charge in [-0.15, -0.1) is 0 Å². The van der Waals surface area contributed by atoms with Crippen LogP contribution in [0.4, 0.5) is 4.79 Å². The normalized spacial score (nSPS) is 22.3. The second-order valence-corrected chi connectivity index (χ2v) is 17.9. The second kappa shape index (κ2) is 13.7. The Morgan fingerprint density at radius 1 is 0.886 bits per heavy atom. The van der Waals surface area contributed by atoms with E-state index in [1.165, 1.54) is 4.90 Å². The summed E-state index contributed by atoms with van der Waals surface area (Å²) in [6.45, 7) is 10.7. The van der Waals surface area contributed by atoms with Crippen molar-refractivity contribution in [3.8, 4) is 0 Å². The van der Waals surface area contributed by atoms with Crippen LogP contribution < -0.4 is 21.7 Å². The maximum Gasteiger partial charge on any atom is 0.315 e. The molecule has 44 heavy (non-hydrogen) atoms. The van der Waals surface area contributed by atoms with Crippen molar-refractivity contribution in [2.45, 2.75) is 141 Å². The molecule has 2 saturated carbocycles. The Bertz CT molecular complexity index is 1210. The average molecular weight is 640 g/mol. The van der Waals surface area contributed by atoms with Gasteiger partial charge in [0.05, 0.1) is 22.1 Å². The van der Waals surface area contributed by atoms with Crippen LogP contribution in [0.25, 0.3) is 0 Å². The molecule has 0 spiro atoms. The molecule has 1 saturated heterocycles. The maximum atomic E-state index is 14.0. The molecule has 0 bridgehead atoms. The molecule has 0 radical (unpaired) electrons. The van der Waals surface area contributed by atoms with Crippen molar-refractivity contribution in [3.05, 3.63) is 0 Å². The molecule has 2 aliphatic carbocycles. The molecule has 3 aliphatic rings. The van der Waals surface area contributed by atoms with Crippen molar-refractivity contribution in [1.29, 1.82) is 0 Å². The molecular formula is C31H53N5O7S. The summed E-state index contributed by atoms with van der Waals surface area (Å²) in [6.07, 6.45) is 7.67. The standard InChI is InChI=1S/C31H53N5O7S/c1-29(2,3)24(34-28(41)35-31(15-8-7-9-16-31)19-44(42,43)30(4,5)6)27(40)36-17-11-14-22(36)26(39)33-21(23(37)25(32)38)18-20-12-10-13-20/h20-22,24H,7-19H2,1-6H3,(H2,32,38)(H,33,39)(H2,34,35,41)/t21?,22-,24+/m0/s1. The number of Topliss-reactive ketones (excluding diaryl/α,β-unsaturated/α-hetero) is 1. The van der Waals surface area contributed by atoms with Gasteiger partial charge in [0.1, 0.15) is 12.1 Å². The number of hydrogen-bond acceptors (Lipinski definition) is 7. The van der Waals surface area contributed by atoms with E-state index in [1.54, 1.807) is 20.8 Å². The van der Waals surface area contributed by atoms with Gasteiger partial charge in [-0.05, 0) is 64.2 Å². The molecule has 1 heterocycles. The van der Waals surface area contributed by atoms with E-state index in [2.05, 4.69) is 16.0 Å². The molecule has 1 unspecified atom stereocenters. The summed E-state index contributed by atoms with van der Waals surface area (Å²) in [4.78, 5) is 66.6. The number of carbonyl (C=O) groups excluding carboxylic acids is 5. The fourth-order valence-corrected chi connectivity index (χ4v) is 7.89. The van der Waals surface area contributed by atoms with Gasteiger partial charge in [0.15, 0.2) is 9.84 Å². The van der Waals surface area contributed by atoms with Crippen molar-refractivity contribution in [2.24, 2.45) is 17.1 Å². The van der Waals surface area contributed by atoms with Crippen molar-refractivity contribution < 1.29 is 32.4 Å². The van der Waals surface area contributed by atoms with E-state index in [-0.39, 0.29) is 18.2 Å². The molecule has 1 aliphatic heterocycles. The lowest BCUT2D eigenvalue weighted by molar-refractivity contribution is -0.143. The number of nitrogens with one attached hydrogen (secondary N) is 3. The number of hydrogen-bond donors (Lipinski definition) is 4. The molecule has 3 fully saturated rings. The van der Waals surface area contributed by atoms with Crippen LogP contribution in [0, 0.1) is 11.3 Å². The van der Waals surface area contributed by atoms with Crippen LogP contribution in [-0.2, 0) is 29.0 Å². The van der Waals surface area contributed by atoms with E-state index in [0.717, 1.165) is 38.5 Å². The number of nitrogens with two attached hydrogens (primary N) is 1. The van der Waals surface area contributed by atoms with Crippen LogP contribution in [0.15, 0.2) is 0 Å². The minimum absolute atomic E-state index is 0.189. The molecule has 12 nitrogen and oxygen atoms in total. The minimum atomic E-state index is -3.55. The van der Waals surface area contributed by atoms with Gasteiger partial charge in [0.25, 0.3) is 5.91 Å². The maximum absolute atomic E-state index is 14.0. The van der Waals surface area contributed by atoms with Gasteiger partial charge in [-0.3, -0.25) is 19.2 Å². The lowest BCUT2D eigenvalue weighted by Gasteiger charge is -2.41. The monoisotopic (exact) mass is 639 g/mol. The number of ketones is 1. The largest absolute Gasteiger partial charge is 0.363 e. The third-order valence-corrected chi connectivity index (χ3v) is 12.3. The molecule has 250 valence electrons. The van der Waals surface area contributed by atoms with E-state index in [9.17, 15) is 32.4 Å². The van der Waals surface area contributed by atoms with Crippen LogP contribution in [-0.4, -0.2) is 83.6 Å². The molecule has 0 aromatic carbocycles. The molecule has 5 N–H and O–H groups in total. The van der Waals surface area contributed by atoms with Gasteiger partial charge in [0, 0.05) is 6.54 Å².